The molecule has 1 unspecified atom stereocenters. The van der Waals surface area contributed by atoms with Crippen LogP contribution in [0.15, 0.2) is 11.7 Å². The van der Waals surface area contributed by atoms with Gasteiger partial charge in [0, 0.05) is 0 Å². The van der Waals surface area contributed by atoms with Crippen molar-refractivity contribution < 1.29 is 4.79 Å². The Balaban J connectivity index is 1.59. The van der Waals surface area contributed by atoms with Gasteiger partial charge in [-0.25, -0.2) is 9.50 Å². The molecule has 6 nitrogen and oxygen atoms in total. The van der Waals surface area contributed by atoms with Gasteiger partial charge in [0.05, 0.1) is 24.5 Å². The lowest BCUT2D eigenvalue weighted by molar-refractivity contribution is -0.122. The highest BCUT2D eigenvalue weighted by Crippen LogP contribution is 2.15. The molecule has 1 saturated heterocycles. The molecule has 3 heterocycles. The van der Waals surface area contributed by atoms with E-state index in [-0.39, 0.29) is 11.9 Å². The Hall–Kier alpha value is -1.47. The highest BCUT2D eigenvalue weighted by atomic mass is 32.1. The molecule has 0 bridgehead atoms. The van der Waals surface area contributed by atoms with Gasteiger partial charge in [0.25, 0.3) is 0 Å². The number of imidazole rings is 1. The summed E-state index contributed by atoms with van der Waals surface area (Å²) in [5.41, 5.74) is 2.61. The van der Waals surface area contributed by atoms with Crippen molar-refractivity contribution >= 4 is 22.2 Å². The molecule has 0 saturated carbocycles. The van der Waals surface area contributed by atoms with E-state index in [2.05, 4.69) is 20.3 Å². The number of hydrogen-bond acceptors (Lipinski definition) is 5. The zero-order valence-electron chi connectivity index (χ0n) is 10.9. The molecule has 102 valence electrons. The van der Waals surface area contributed by atoms with Gasteiger partial charge in [0.2, 0.25) is 10.9 Å². The third kappa shape index (κ3) is 2.76. The molecule has 19 heavy (non-hydrogen) atoms. The van der Waals surface area contributed by atoms with Crippen LogP contribution in [0, 0.1) is 0 Å². The molecular weight excluding hydrogens is 262 g/mol. The number of aromatic nitrogens is 3. The van der Waals surface area contributed by atoms with Gasteiger partial charge < -0.3 is 5.32 Å². The average molecular weight is 279 g/mol. The summed E-state index contributed by atoms with van der Waals surface area (Å²) in [4.78, 5) is 19.4. The molecule has 0 aliphatic carbocycles. The van der Waals surface area contributed by atoms with Gasteiger partial charge in [0.15, 0.2) is 0 Å². The second kappa shape index (κ2) is 5.26. The van der Waals surface area contributed by atoms with Gasteiger partial charge >= 0.3 is 0 Å². The number of rotatable bonds is 4. The Bertz CT molecular complexity index is 543. The second-order valence-corrected chi connectivity index (χ2v) is 5.72. The Morgan fingerprint density at radius 3 is 3.05 bits per heavy atom. The number of hydrogen-bond donors (Lipinski definition) is 1. The van der Waals surface area contributed by atoms with Crippen LogP contribution in [0.1, 0.15) is 31.5 Å². The van der Waals surface area contributed by atoms with E-state index in [1.165, 1.54) is 24.2 Å². The third-order valence-electron chi connectivity index (χ3n) is 3.39. The van der Waals surface area contributed by atoms with Crippen molar-refractivity contribution in [3.63, 3.8) is 0 Å². The smallest absolute Gasteiger partial charge is 0.234 e. The summed E-state index contributed by atoms with van der Waals surface area (Å²) in [5.74, 6) is 0.0683. The van der Waals surface area contributed by atoms with Crippen molar-refractivity contribution in [1.29, 1.82) is 0 Å². The number of carbonyl (C=O) groups excluding carboxylic acids is 1. The summed E-state index contributed by atoms with van der Waals surface area (Å²) in [7, 11) is 0. The van der Waals surface area contributed by atoms with Crippen LogP contribution in [-0.2, 0) is 4.79 Å². The van der Waals surface area contributed by atoms with E-state index < -0.39 is 0 Å². The monoisotopic (exact) mass is 279 g/mol. The van der Waals surface area contributed by atoms with Crippen LogP contribution in [0.4, 0.5) is 0 Å². The van der Waals surface area contributed by atoms with E-state index in [1.807, 2.05) is 13.1 Å². The molecule has 7 heteroatoms. The summed E-state index contributed by atoms with van der Waals surface area (Å²) in [6.45, 7) is 4.51. The second-order valence-electron chi connectivity index (χ2n) is 4.90. The van der Waals surface area contributed by atoms with Crippen LogP contribution in [0.2, 0.25) is 0 Å². The molecule has 1 N–H and O–H groups in total. The van der Waals surface area contributed by atoms with E-state index in [9.17, 15) is 4.79 Å². The standard InChI is InChI=1S/C12H17N5OS/c1-9(10-6-17-12(15-10)19-8-13-17)14-11(18)7-16-4-2-3-5-16/h6,8-9H,2-5,7H2,1H3,(H,14,18). The number of fused-ring (bicyclic) bond motifs is 1. The minimum absolute atomic E-state index is 0.0683. The highest BCUT2D eigenvalue weighted by molar-refractivity contribution is 7.14. The van der Waals surface area contributed by atoms with Crippen molar-refractivity contribution in [2.75, 3.05) is 19.6 Å². The molecule has 1 atom stereocenters. The van der Waals surface area contributed by atoms with Crippen molar-refractivity contribution in [2.24, 2.45) is 0 Å². The van der Waals surface area contributed by atoms with Crippen LogP contribution in [0.25, 0.3) is 4.96 Å². The molecule has 0 radical (unpaired) electrons. The third-order valence-corrected chi connectivity index (χ3v) is 4.08. The summed E-state index contributed by atoms with van der Waals surface area (Å²) < 4.78 is 1.74. The number of likely N-dealkylation sites (tertiary alicyclic amines) is 1. The fourth-order valence-electron chi connectivity index (χ4n) is 2.37. The van der Waals surface area contributed by atoms with Crippen molar-refractivity contribution in [3.8, 4) is 0 Å². The topological polar surface area (TPSA) is 62.5 Å². The van der Waals surface area contributed by atoms with Crippen LogP contribution < -0.4 is 5.32 Å². The zero-order chi connectivity index (χ0) is 13.2. The van der Waals surface area contributed by atoms with Crippen LogP contribution in [0.5, 0.6) is 0 Å². The quantitative estimate of drug-likeness (QED) is 0.909. The van der Waals surface area contributed by atoms with Crippen LogP contribution in [-0.4, -0.2) is 45.0 Å². The first-order chi connectivity index (χ1) is 9.22. The number of amides is 1. The number of carbonyl (C=O) groups is 1. The maximum Gasteiger partial charge on any atom is 0.234 e. The Morgan fingerprint density at radius 1 is 1.53 bits per heavy atom. The van der Waals surface area contributed by atoms with E-state index in [4.69, 9.17) is 0 Å². The normalized spacial score (nSPS) is 17.9. The Morgan fingerprint density at radius 2 is 2.32 bits per heavy atom. The first kappa shape index (κ1) is 12.6. The predicted octanol–water partition coefficient (Wildman–Crippen LogP) is 1.06. The number of nitrogens with zero attached hydrogens (tertiary/aromatic N) is 4. The van der Waals surface area contributed by atoms with E-state index in [0.717, 1.165) is 23.7 Å². The van der Waals surface area contributed by atoms with Crippen LogP contribution >= 0.6 is 11.3 Å². The lowest BCUT2D eigenvalue weighted by Crippen LogP contribution is -2.37. The predicted molar refractivity (Wildman–Crippen MR) is 73.1 cm³/mol. The zero-order valence-corrected chi connectivity index (χ0v) is 11.7. The molecule has 1 aliphatic heterocycles. The minimum Gasteiger partial charge on any atom is -0.347 e. The number of nitrogens with one attached hydrogen (secondary N) is 1. The summed E-state index contributed by atoms with van der Waals surface area (Å²) in [6, 6.07) is -0.0796. The molecule has 1 amide bonds. The van der Waals surface area contributed by atoms with E-state index >= 15 is 0 Å². The maximum atomic E-state index is 11.9. The van der Waals surface area contributed by atoms with Crippen LogP contribution in [0.3, 0.4) is 0 Å². The van der Waals surface area contributed by atoms with Gasteiger partial charge in [0.1, 0.15) is 5.51 Å². The molecule has 2 aromatic rings. The maximum absolute atomic E-state index is 11.9. The highest BCUT2D eigenvalue weighted by Gasteiger charge is 2.18. The van der Waals surface area contributed by atoms with Gasteiger partial charge in [-0.15, -0.1) is 0 Å². The summed E-state index contributed by atoms with van der Waals surface area (Å²) in [6.07, 6.45) is 4.27. The van der Waals surface area contributed by atoms with E-state index in [0.29, 0.717) is 6.54 Å². The van der Waals surface area contributed by atoms with Gasteiger partial charge in [-0.2, -0.15) is 5.10 Å². The minimum atomic E-state index is -0.0796. The van der Waals surface area contributed by atoms with Gasteiger partial charge in [-0.1, -0.05) is 11.3 Å². The molecule has 0 spiro atoms. The molecule has 3 rings (SSSR count). The lowest BCUT2D eigenvalue weighted by atomic mass is 10.2. The fourth-order valence-corrected chi connectivity index (χ4v) is 2.98. The SMILES string of the molecule is CC(NC(=O)CN1CCCC1)c1cn2ncsc2n1. The van der Waals surface area contributed by atoms with Crippen molar-refractivity contribution in [1.82, 2.24) is 24.8 Å². The first-order valence-electron chi connectivity index (χ1n) is 6.53. The van der Waals surface area contributed by atoms with Gasteiger partial charge in [-0.05, 0) is 32.9 Å². The molecular formula is C12H17N5OS. The molecule has 2 aromatic heterocycles. The molecule has 0 aromatic carbocycles. The first-order valence-corrected chi connectivity index (χ1v) is 7.41. The van der Waals surface area contributed by atoms with Gasteiger partial charge in [-0.3, -0.25) is 9.69 Å². The largest absolute Gasteiger partial charge is 0.347 e. The van der Waals surface area contributed by atoms with Crippen molar-refractivity contribution in [2.45, 2.75) is 25.8 Å². The Labute approximate surface area is 115 Å². The average Bonchev–Trinajstić information content (AvgIpc) is 3.02. The summed E-state index contributed by atoms with van der Waals surface area (Å²) >= 11 is 1.49. The summed E-state index contributed by atoms with van der Waals surface area (Å²) in [5, 5.41) is 7.13. The lowest BCUT2D eigenvalue weighted by Gasteiger charge is -2.16. The molecule has 1 fully saturated rings. The van der Waals surface area contributed by atoms with Crippen molar-refractivity contribution in [3.05, 3.63) is 17.4 Å². The fraction of sp³-hybridized carbons (Fsp3) is 0.583. The Kier molecular flexibility index (Phi) is 3.48. The molecule has 1 aliphatic rings. The van der Waals surface area contributed by atoms with E-state index in [1.54, 1.807) is 10.0 Å².